The van der Waals surface area contributed by atoms with Crippen molar-refractivity contribution in [1.29, 1.82) is 0 Å². The smallest absolute Gasteiger partial charge is 0.304 e. The molecule has 0 amide bonds. The number of hydrogen-bond acceptors (Lipinski definition) is 4. The average molecular weight is 231 g/mol. The molecule has 6 heteroatoms. The normalized spacial score (nSPS) is 10.3. The molecule has 0 aliphatic heterocycles. The summed E-state index contributed by atoms with van der Waals surface area (Å²) < 4.78 is 13.1. The zero-order valence-electron chi connectivity index (χ0n) is 7.85. The Labute approximate surface area is 90.3 Å². The van der Waals surface area contributed by atoms with Crippen LogP contribution in [-0.4, -0.2) is 22.4 Å². The lowest BCUT2D eigenvalue weighted by atomic mass is 10.2. The van der Waals surface area contributed by atoms with Crippen LogP contribution in [0.15, 0.2) is 18.2 Å². The number of hydrogen-bond donors (Lipinski definition) is 1. The summed E-state index contributed by atoms with van der Waals surface area (Å²) in [7, 11) is 0. The lowest BCUT2D eigenvalue weighted by Crippen LogP contribution is -1.94. The highest BCUT2D eigenvalue weighted by Crippen LogP contribution is 2.20. The molecule has 0 bridgehead atoms. The number of rotatable bonds is 5. The Kier molecular flexibility index (Phi) is 4.51. The number of nitro groups is 1. The third-order valence-electron chi connectivity index (χ3n) is 1.71. The first-order valence-electron chi connectivity index (χ1n) is 4.26. The fraction of sp³-hybridized carbons (Fsp3) is 0.333. The minimum absolute atomic E-state index is 0.0696. The second kappa shape index (κ2) is 5.67. The van der Waals surface area contributed by atoms with Crippen LogP contribution < -0.4 is 0 Å². The maximum Gasteiger partial charge on any atom is 0.304 e. The zero-order valence-corrected chi connectivity index (χ0v) is 8.67. The number of thioether (sulfide) groups is 1. The van der Waals surface area contributed by atoms with Crippen molar-refractivity contribution in [3.63, 3.8) is 0 Å². The Balaban J connectivity index is 2.69. The van der Waals surface area contributed by atoms with Crippen molar-refractivity contribution in [3.8, 4) is 0 Å². The van der Waals surface area contributed by atoms with Gasteiger partial charge in [-0.15, -0.1) is 0 Å². The van der Waals surface area contributed by atoms with Crippen LogP contribution >= 0.6 is 11.8 Å². The predicted molar refractivity (Wildman–Crippen MR) is 56.3 cm³/mol. The van der Waals surface area contributed by atoms with E-state index in [0.717, 1.165) is 12.1 Å². The van der Waals surface area contributed by atoms with Gasteiger partial charge in [-0.05, 0) is 11.6 Å². The van der Waals surface area contributed by atoms with Crippen molar-refractivity contribution >= 4 is 17.4 Å². The van der Waals surface area contributed by atoms with Gasteiger partial charge in [-0.2, -0.15) is 16.2 Å². The molecule has 1 aromatic rings. The minimum Gasteiger partial charge on any atom is -0.396 e. The van der Waals surface area contributed by atoms with Gasteiger partial charge in [0.1, 0.15) is 0 Å². The van der Waals surface area contributed by atoms with Crippen LogP contribution in [0.25, 0.3) is 0 Å². The summed E-state index contributed by atoms with van der Waals surface area (Å²) in [5.41, 5.74) is 0.169. The second-order valence-electron chi connectivity index (χ2n) is 2.82. The summed E-state index contributed by atoms with van der Waals surface area (Å²) in [5.74, 6) is 0.288. The van der Waals surface area contributed by atoms with Gasteiger partial charge >= 0.3 is 5.69 Å². The molecule has 0 aliphatic carbocycles. The predicted octanol–water partition coefficient (Wildman–Crippen LogP) is 1.96. The molecule has 82 valence electrons. The number of aliphatic hydroxyl groups is 1. The number of nitro benzene ring substituents is 1. The van der Waals surface area contributed by atoms with Crippen LogP contribution in [-0.2, 0) is 5.75 Å². The molecule has 1 rings (SSSR count). The zero-order chi connectivity index (χ0) is 11.3. The molecule has 0 saturated carbocycles. The van der Waals surface area contributed by atoms with Gasteiger partial charge in [0.15, 0.2) is 0 Å². The van der Waals surface area contributed by atoms with Gasteiger partial charge in [-0.25, -0.2) is 0 Å². The Morgan fingerprint density at radius 2 is 2.27 bits per heavy atom. The van der Waals surface area contributed by atoms with Crippen LogP contribution in [0.5, 0.6) is 0 Å². The average Bonchev–Trinajstić information content (AvgIpc) is 2.17. The monoisotopic (exact) mass is 231 g/mol. The van der Waals surface area contributed by atoms with E-state index in [1.165, 1.54) is 17.8 Å². The fourth-order valence-corrected chi connectivity index (χ4v) is 1.73. The molecule has 0 unspecified atom stereocenters. The molecular formula is C9H10FNO3S. The summed E-state index contributed by atoms with van der Waals surface area (Å²) >= 11 is 1.44. The second-order valence-corrected chi connectivity index (χ2v) is 3.92. The Bertz CT molecular complexity index is 359. The number of nitrogens with zero attached hydrogens (tertiary/aromatic N) is 1. The van der Waals surface area contributed by atoms with Crippen LogP contribution in [0, 0.1) is 15.9 Å². The van der Waals surface area contributed by atoms with Crippen molar-refractivity contribution in [2.24, 2.45) is 0 Å². The third-order valence-corrected chi connectivity index (χ3v) is 2.72. The van der Waals surface area contributed by atoms with Crippen molar-refractivity contribution in [1.82, 2.24) is 0 Å². The summed E-state index contributed by atoms with van der Waals surface area (Å²) in [5, 5.41) is 18.9. The summed E-state index contributed by atoms with van der Waals surface area (Å²) in [6, 6.07) is 3.83. The van der Waals surface area contributed by atoms with Gasteiger partial charge in [0, 0.05) is 17.6 Å². The van der Waals surface area contributed by atoms with Crippen LogP contribution in [0.1, 0.15) is 5.56 Å². The van der Waals surface area contributed by atoms with Gasteiger partial charge in [0.25, 0.3) is 0 Å². The van der Waals surface area contributed by atoms with Crippen LogP contribution in [0.3, 0.4) is 0 Å². The molecule has 1 aromatic carbocycles. The van der Waals surface area contributed by atoms with Crippen molar-refractivity contribution < 1.29 is 14.4 Å². The van der Waals surface area contributed by atoms with E-state index < -0.39 is 16.4 Å². The summed E-state index contributed by atoms with van der Waals surface area (Å²) in [6.07, 6.45) is 0. The van der Waals surface area contributed by atoms with Crippen LogP contribution in [0.4, 0.5) is 10.1 Å². The Morgan fingerprint density at radius 1 is 1.53 bits per heavy atom. The highest BCUT2D eigenvalue weighted by atomic mass is 32.2. The van der Waals surface area contributed by atoms with Crippen LogP contribution in [0.2, 0.25) is 0 Å². The first kappa shape index (κ1) is 11.9. The third kappa shape index (κ3) is 3.49. The quantitative estimate of drug-likeness (QED) is 0.478. The summed E-state index contributed by atoms with van der Waals surface area (Å²) in [4.78, 5) is 9.57. The number of benzene rings is 1. The topological polar surface area (TPSA) is 63.4 Å². The molecule has 0 spiro atoms. The molecule has 1 N–H and O–H groups in total. The highest BCUT2D eigenvalue weighted by Gasteiger charge is 2.13. The fourth-order valence-electron chi connectivity index (χ4n) is 1.04. The van der Waals surface area contributed by atoms with Crippen molar-refractivity contribution in [3.05, 3.63) is 39.7 Å². The molecule has 0 radical (unpaired) electrons. The lowest BCUT2D eigenvalue weighted by Gasteiger charge is -2.00. The summed E-state index contributed by atoms with van der Waals surface area (Å²) in [6.45, 7) is 0.0696. The van der Waals surface area contributed by atoms with Gasteiger partial charge in [0.05, 0.1) is 11.5 Å². The molecule has 0 aliphatic rings. The molecular weight excluding hydrogens is 221 g/mol. The first-order valence-corrected chi connectivity index (χ1v) is 5.42. The lowest BCUT2D eigenvalue weighted by molar-refractivity contribution is -0.387. The molecule has 0 atom stereocenters. The van der Waals surface area contributed by atoms with E-state index in [0.29, 0.717) is 17.1 Å². The number of aliphatic hydroxyl groups excluding tert-OH is 1. The van der Waals surface area contributed by atoms with Gasteiger partial charge in [-0.3, -0.25) is 10.1 Å². The maximum atomic E-state index is 13.1. The highest BCUT2D eigenvalue weighted by molar-refractivity contribution is 7.98. The van der Waals surface area contributed by atoms with Gasteiger partial charge < -0.3 is 5.11 Å². The van der Waals surface area contributed by atoms with E-state index in [1.807, 2.05) is 0 Å². The van der Waals surface area contributed by atoms with Crippen molar-refractivity contribution in [2.45, 2.75) is 5.75 Å². The van der Waals surface area contributed by atoms with E-state index in [-0.39, 0.29) is 6.61 Å². The standard InChI is InChI=1S/C9H10FNO3S/c10-8-5-7(6-15-4-3-12)1-2-9(8)11(13)14/h1-2,5,12H,3-4,6H2. The molecule has 4 nitrogen and oxygen atoms in total. The SMILES string of the molecule is O=[N+]([O-])c1ccc(CSCCO)cc1F. The van der Waals surface area contributed by atoms with Crippen molar-refractivity contribution in [2.75, 3.05) is 12.4 Å². The molecule has 15 heavy (non-hydrogen) atoms. The molecule has 0 fully saturated rings. The molecule has 0 heterocycles. The van der Waals surface area contributed by atoms with E-state index >= 15 is 0 Å². The van der Waals surface area contributed by atoms with E-state index in [2.05, 4.69) is 0 Å². The maximum absolute atomic E-state index is 13.1. The van der Waals surface area contributed by atoms with E-state index in [1.54, 1.807) is 0 Å². The minimum atomic E-state index is -0.818. The largest absolute Gasteiger partial charge is 0.396 e. The Hall–Kier alpha value is -1.14. The first-order chi connectivity index (χ1) is 7.15. The number of halogens is 1. The van der Waals surface area contributed by atoms with E-state index in [9.17, 15) is 14.5 Å². The molecule has 0 saturated heterocycles. The van der Waals surface area contributed by atoms with Gasteiger partial charge in [0.2, 0.25) is 5.82 Å². The van der Waals surface area contributed by atoms with E-state index in [4.69, 9.17) is 5.11 Å². The van der Waals surface area contributed by atoms with Gasteiger partial charge in [-0.1, -0.05) is 6.07 Å². The Morgan fingerprint density at radius 3 is 2.80 bits per heavy atom. The molecule has 0 aromatic heterocycles.